The molecule has 0 heterocycles. The van der Waals surface area contributed by atoms with Crippen molar-refractivity contribution in [3.63, 3.8) is 0 Å². The van der Waals surface area contributed by atoms with Gasteiger partial charge in [0.2, 0.25) is 0 Å². The van der Waals surface area contributed by atoms with Gasteiger partial charge >= 0.3 is 0 Å². The molecule has 0 saturated carbocycles. The maximum atomic E-state index is 11.8. The van der Waals surface area contributed by atoms with Gasteiger partial charge in [-0.3, -0.25) is 30.6 Å². The minimum absolute atomic E-state index is 0.0419. The van der Waals surface area contributed by atoms with Crippen LogP contribution >= 0.6 is 0 Å². The third kappa shape index (κ3) is 6.45. The van der Waals surface area contributed by atoms with Gasteiger partial charge in [-0.05, 0) is 42.8 Å². The summed E-state index contributed by atoms with van der Waals surface area (Å²) in [5.41, 5.74) is 4.99. The first-order valence-corrected chi connectivity index (χ1v) is 8.35. The summed E-state index contributed by atoms with van der Waals surface area (Å²) in [6, 6.07) is 12.6. The smallest absolute Gasteiger partial charge is 0.276 e. The summed E-state index contributed by atoms with van der Waals surface area (Å²) >= 11 is 0. The molecule has 28 heavy (non-hydrogen) atoms. The lowest BCUT2D eigenvalue weighted by molar-refractivity contribution is -0.384. The number of nitro groups is 1. The Morgan fingerprint density at radius 3 is 2.29 bits per heavy atom. The van der Waals surface area contributed by atoms with Crippen LogP contribution in [-0.2, 0) is 9.59 Å². The number of hydrogen-bond donors (Lipinski definition) is 2. The fraction of sp³-hybridized carbons (Fsp3) is 0.158. The molecule has 0 unspecified atom stereocenters. The zero-order valence-electron chi connectivity index (χ0n) is 15.1. The standard InChI is InChI=1S/C19H19N3O6/c1-2-27-16-5-3-4-6-17(16)28-13-19(24)21-20-18(23)12-9-14-7-10-15(11-8-14)22(25)26/h3-12H,2,13H2,1H3,(H,20,23)(H,21,24). The van der Waals surface area contributed by atoms with Crippen molar-refractivity contribution in [1.29, 1.82) is 0 Å². The highest BCUT2D eigenvalue weighted by atomic mass is 16.6. The van der Waals surface area contributed by atoms with Crippen molar-refractivity contribution in [2.75, 3.05) is 13.2 Å². The van der Waals surface area contributed by atoms with Crippen LogP contribution in [0.25, 0.3) is 6.08 Å². The minimum Gasteiger partial charge on any atom is -0.490 e. The second-order valence-corrected chi connectivity index (χ2v) is 5.39. The number of carbonyl (C=O) groups is 2. The van der Waals surface area contributed by atoms with E-state index in [1.54, 1.807) is 24.3 Å². The minimum atomic E-state index is -0.568. The maximum Gasteiger partial charge on any atom is 0.276 e. The van der Waals surface area contributed by atoms with Crippen molar-refractivity contribution >= 4 is 23.6 Å². The van der Waals surface area contributed by atoms with Gasteiger partial charge in [-0.25, -0.2) is 0 Å². The van der Waals surface area contributed by atoms with E-state index < -0.39 is 16.7 Å². The first-order chi connectivity index (χ1) is 13.5. The number of nitrogens with one attached hydrogen (secondary N) is 2. The maximum absolute atomic E-state index is 11.8. The molecule has 0 atom stereocenters. The van der Waals surface area contributed by atoms with Gasteiger partial charge in [0, 0.05) is 18.2 Å². The molecule has 9 nitrogen and oxygen atoms in total. The van der Waals surface area contributed by atoms with E-state index in [0.717, 1.165) is 0 Å². The van der Waals surface area contributed by atoms with E-state index in [1.165, 1.54) is 36.4 Å². The number of hydrogen-bond acceptors (Lipinski definition) is 6. The second-order valence-electron chi connectivity index (χ2n) is 5.39. The van der Waals surface area contributed by atoms with Crippen molar-refractivity contribution in [1.82, 2.24) is 10.9 Å². The lowest BCUT2D eigenvalue weighted by Crippen LogP contribution is -2.43. The number of carbonyl (C=O) groups excluding carboxylic acids is 2. The molecule has 2 rings (SSSR count). The first-order valence-electron chi connectivity index (χ1n) is 8.35. The third-order valence-electron chi connectivity index (χ3n) is 3.36. The molecule has 0 aromatic heterocycles. The van der Waals surface area contributed by atoms with E-state index in [2.05, 4.69) is 10.9 Å². The zero-order chi connectivity index (χ0) is 20.4. The Morgan fingerprint density at radius 1 is 1.04 bits per heavy atom. The van der Waals surface area contributed by atoms with E-state index in [1.807, 2.05) is 6.92 Å². The van der Waals surface area contributed by atoms with E-state index in [0.29, 0.717) is 23.7 Å². The summed E-state index contributed by atoms with van der Waals surface area (Å²) < 4.78 is 10.8. The van der Waals surface area contributed by atoms with Crippen LogP contribution in [0.4, 0.5) is 5.69 Å². The lowest BCUT2D eigenvalue weighted by atomic mass is 10.2. The molecule has 2 aromatic carbocycles. The third-order valence-corrected chi connectivity index (χ3v) is 3.36. The molecular formula is C19H19N3O6. The molecule has 0 radical (unpaired) electrons. The van der Waals surface area contributed by atoms with Gasteiger partial charge in [0.25, 0.3) is 17.5 Å². The number of hydrazine groups is 1. The van der Waals surface area contributed by atoms with E-state index in [9.17, 15) is 19.7 Å². The Hall–Kier alpha value is -3.88. The summed E-state index contributed by atoms with van der Waals surface area (Å²) in [6.45, 7) is 1.99. The summed E-state index contributed by atoms with van der Waals surface area (Å²) in [7, 11) is 0. The summed E-state index contributed by atoms with van der Waals surface area (Å²) in [6.07, 6.45) is 2.65. The number of benzene rings is 2. The summed E-state index contributed by atoms with van der Waals surface area (Å²) in [5, 5.41) is 10.6. The second kappa shape index (κ2) is 10.3. The van der Waals surface area contributed by atoms with Crippen LogP contribution in [0.5, 0.6) is 11.5 Å². The number of nitro benzene ring substituents is 1. The summed E-state index contributed by atoms with van der Waals surface area (Å²) in [4.78, 5) is 33.6. The molecule has 2 aromatic rings. The molecule has 0 spiro atoms. The predicted octanol–water partition coefficient (Wildman–Crippen LogP) is 2.23. The molecule has 0 fully saturated rings. The fourth-order valence-corrected chi connectivity index (χ4v) is 2.08. The Balaban J connectivity index is 1.77. The molecule has 9 heteroatoms. The molecule has 0 aliphatic heterocycles. The highest BCUT2D eigenvalue weighted by Gasteiger charge is 2.08. The van der Waals surface area contributed by atoms with Crippen LogP contribution in [0.2, 0.25) is 0 Å². The zero-order valence-corrected chi connectivity index (χ0v) is 15.1. The van der Waals surface area contributed by atoms with Crippen LogP contribution in [0, 0.1) is 10.1 Å². The Morgan fingerprint density at radius 2 is 1.68 bits per heavy atom. The van der Waals surface area contributed by atoms with Gasteiger partial charge in [0.15, 0.2) is 18.1 Å². The predicted molar refractivity (Wildman–Crippen MR) is 102 cm³/mol. The molecule has 0 aliphatic carbocycles. The monoisotopic (exact) mass is 385 g/mol. The molecule has 2 amide bonds. The van der Waals surface area contributed by atoms with Crippen molar-refractivity contribution in [2.24, 2.45) is 0 Å². The van der Waals surface area contributed by atoms with E-state index in [4.69, 9.17) is 9.47 Å². The fourth-order valence-electron chi connectivity index (χ4n) is 2.08. The van der Waals surface area contributed by atoms with E-state index in [-0.39, 0.29) is 12.3 Å². The van der Waals surface area contributed by atoms with Crippen LogP contribution in [-0.4, -0.2) is 30.0 Å². The van der Waals surface area contributed by atoms with Gasteiger partial charge in [-0.1, -0.05) is 12.1 Å². The van der Waals surface area contributed by atoms with Crippen molar-refractivity contribution < 1.29 is 24.0 Å². The van der Waals surface area contributed by atoms with Crippen molar-refractivity contribution in [3.8, 4) is 11.5 Å². The van der Waals surface area contributed by atoms with Gasteiger partial charge in [0.1, 0.15) is 0 Å². The molecule has 146 valence electrons. The van der Waals surface area contributed by atoms with Crippen LogP contribution < -0.4 is 20.3 Å². The number of amides is 2. The number of ether oxygens (including phenoxy) is 2. The van der Waals surface area contributed by atoms with Crippen molar-refractivity contribution in [3.05, 3.63) is 70.3 Å². The molecule has 0 bridgehead atoms. The molecule has 0 aliphatic rings. The SMILES string of the molecule is CCOc1ccccc1OCC(=O)NNC(=O)C=Cc1ccc([N+](=O)[O-])cc1. The van der Waals surface area contributed by atoms with Crippen LogP contribution in [0.3, 0.4) is 0 Å². The summed E-state index contributed by atoms with van der Waals surface area (Å²) in [5.74, 6) is -0.179. The topological polar surface area (TPSA) is 120 Å². The van der Waals surface area contributed by atoms with E-state index >= 15 is 0 Å². The van der Waals surface area contributed by atoms with Crippen LogP contribution in [0.1, 0.15) is 12.5 Å². The number of rotatable bonds is 8. The molecule has 0 saturated heterocycles. The van der Waals surface area contributed by atoms with Gasteiger partial charge in [-0.15, -0.1) is 0 Å². The Kier molecular flexibility index (Phi) is 7.53. The van der Waals surface area contributed by atoms with Crippen LogP contribution in [0.15, 0.2) is 54.6 Å². The first kappa shape index (κ1) is 20.4. The molecular weight excluding hydrogens is 366 g/mol. The highest BCUT2D eigenvalue weighted by molar-refractivity contribution is 5.93. The number of non-ortho nitro benzene ring substituents is 1. The highest BCUT2D eigenvalue weighted by Crippen LogP contribution is 2.26. The largest absolute Gasteiger partial charge is 0.490 e. The lowest BCUT2D eigenvalue weighted by Gasteiger charge is -2.11. The Labute approximate surface area is 161 Å². The quantitative estimate of drug-likeness (QED) is 0.408. The van der Waals surface area contributed by atoms with Gasteiger partial charge in [-0.2, -0.15) is 0 Å². The van der Waals surface area contributed by atoms with Gasteiger partial charge in [0.05, 0.1) is 11.5 Å². The number of nitrogens with zero attached hydrogens (tertiary/aromatic N) is 1. The average Bonchev–Trinajstić information content (AvgIpc) is 2.70. The van der Waals surface area contributed by atoms with Gasteiger partial charge < -0.3 is 9.47 Å². The molecule has 2 N–H and O–H groups in total. The number of para-hydroxylation sites is 2. The Bertz CT molecular complexity index is 864. The average molecular weight is 385 g/mol. The normalized spacial score (nSPS) is 10.3. The van der Waals surface area contributed by atoms with Crippen molar-refractivity contribution in [2.45, 2.75) is 6.92 Å².